The molecule has 0 aromatic heterocycles. The van der Waals surface area contributed by atoms with Gasteiger partial charge >= 0.3 is 0 Å². The zero-order valence-electron chi connectivity index (χ0n) is 7.88. The molecule has 0 heteroatoms. The van der Waals surface area contributed by atoms with Crippen LogP contribution in [0, 0.1) is 11.8 Å². The number of hydrogen-bond acceptors (Lipinski definition) is 0. The van der Waals surface area contributed by atoms with E-state index in [9.17, 15) is 0 Å². The molecule has 0 N–H and O–H groups in total. The van der Waals surface area contributed by atoms with Crippen LogP contribution in [0.1, 0.15) is 26.7 Å². The van der Waals surface area contributed by atoms with E-state index in [0.717, 1.165) is 11.8 Å². The topological polar surface area (TPSA) is 0 Å². The van der Waals surface area contributed by atoms with Crippen LogP contribution in [-0.4, -0.2) is 0 Å². The van der Waals surface area contributed by atoms with Crippen LogP contribution in [-0.2, 0) is 0 Å². The molecule has 2 aliphatic rings. The van der Waals surface area contributed by atoms with Crippen LogP contribution in [0.2, 0.25) is 0 Å². The summed E-state index contributed by atoms with van der Waals surface area (Å²) in [5.74, 6) is 1.76. The maximum absolute atomic E-state index is 2.39. The van der Waals surface area contributed by atoms with Gasteiger partial charge in [0.2, 0.25) is 0 Å². The van der Waals surface area contributed by atoms with Gasteiger partial charge < -0.3 is 0 Å². The van der Waals surface area contributed by atoms with Crippen molar-refractivity contribution in [2.75, 3.05) is 0 Å². The third kappa shape index (κ3) is 1.16. The average molecular weight is 160 g/mol. The van der Waals surface area contributed by atoms with Crippen LogP contribution in [0.15, 0.2) is 35.5 Å². The lowest BCUT2D eigenvalue weighted by atomic mass is 9.95. The summed E-state index contributed by atoms with van der Waals surface area (Å²) in [5.41, 5.74) is 3.15. The number of fused-ring (bicyclic) bond motifs is 1. The summed E-state index contributed by atoms with van der Waals surface area (Å²) in [6.45, 7) is 4.35. The summed E-state index contributed by atoms with van der Waals surface area (Å²) < 4.78 is 0. The molecular weight excluding hydrogens is 144 g/mol. The molecule has 0 saturated heterocycles. The van der Waals surface area contributed by atoms with Gasteiger partial charge in [0.05, 0.1) is 0 Å². The van der Waals surface area contributed by atoms with Gasteiger partial charge in [0.1, 0.15) is 0 Å². The lowest BCUT2D eigenvalue weighted by Crippen LogP contribution is -1.95. The molecule has 0 nitrogen and oxygen atoms in total. The van der Waals surface area contributed by atoms with Crippen molar-refractivity contribution >= 4 is 0 Å². The van der Waals surface area contributed by atoms with Crippen LogP contribution in [0.5, 0.6) is 0 Å². The first kappa shape index (κ1) is 7.85. The summed E-state index contributed by atoms with van der Waals surface area (Å²) >= 11 is 0. The Balaban J connectivity index is 2.31. The van der Waals surface area contributed by atoms with Crippen molar-refractivity contribution in [2.24, 2.45) is 11.8 Å². The smallest absolute Gasteiger partial charge is 0.00902 e. The highest BCUT2D eigenvalue weighted by molar-refractivity contribution is 5.43. The monoisotopic (exact) mass is 160 g/mol. The fourth-order valence-corrected chi connectivity index (χ4v) is 2.09. The highest BCUT2D eigenvalue weighted by Crippen LogP contribution is 2.49. The van der Waals surface area contributed by atoms with Gasteiger partial charge in [0, 0.05) is 0 Å². The molecule has 12 heavy (non-hydrogen) atoms. The van der Waals surface area contributed by atoms with Gasteiger partial charge in [-0.25, -0.2) is 0 Å². The van der Waals surface area contributed by atoms with Crippen LogP contribution in [0.3, 0.4) is 0 Å². The second kappa shape index (κ2) is 2.93. The molecule has 0 aromatic carbocycles. The molecule has 64 valence electrons. The molecule has 1 saturated carbocycles. The molecule has 1 unspecified atom stereocenters. The van der Waals surface area contributed by atoms with E-state index in [1.807, 2.05) is 0 Å². The Hall–Kier alpha value is -0.780. The average Bonchev–Trinajstić information content (AvgIpc) is 2.84. The maximum Gasteiger partial charge on any atom is -0.00902 e. The summed E-state index contributed by atoms with van der Waals surface area (Å²) in [4.78, 5) is 0. The fourth-order valence-electron chi connectivity index (χ4n) is 2.09. The SMILES string of the molecule is C/C=C\C1=C(CC)C=C[C@@H]2CC12. The van der Waals surface area contributed by atoms with E-state index >= 15 is 0 Å². The van der Waals surface area contributed by atoms with Crippen molar-refractivity contribution in [3.8, 4) is 0 Å². The molecule has 0 aliphatic heterocycles. The number of allylic oxidation sites excluding steroid dienone is 6. The first-order chi connectivity index (χ1) is 5.86. The van der Waals surface area contributed by atoms with Gasteiger partial charge in [-0.1, -0.05) is 31.2 Å². The van der Waals surface area contributed by atoms with E-state index in [0.29, 0.717) is 0 Å². The summed E-state index contributed by atoms with van der Waals surface area (Å²) in [5, 5.41) is 0. The second-order valence-electron chi connectivity index (χ2n) is 3.70. The highest BCUT2D eigenvalue weighted by Gasteiger charge is 2.39. The van der Waals surface area contributed by atoms with Crippen LogP contribution in [0.25, 0.3) is 0 Å². The van der Waals surface area contributed by atoms with Gasteiger partial charge in [0.25, 0.3) is 0 Å². The summed E-state index contributed by atoms with van der Waals surface area (Å²) in [6, 6.07) is 0. The Labute approximate surface area is 74.7 Å². The van der Waals surface area contributed by atoms with Gasteiger partial charge in [0.15, 0.2) is 0 Å². The van der Waals surface area contributed by atoms with E-state index in [4.69, 9.17) is 0 Å². The quantitative estimate of drug-likeness (QED) is 0.580. The standard InChI is InChI=1S/C12H16/c1-3-5-11-9(4-2)6-7-10-8-12(10)11/h3,5-7,10,12H,4,8H2,1-2H3/b5-3-/t10-,12?/m1/s1. The molecular formula is C12H16. The van der Waals surface area contributed by atoms with Crippen molar-refractivity contribution in [3.05, 3.63) is 35.5 Å². The zero-order chi connectivity index (χ0) is 8.55. The lowest BCUT2D eigenvalue weighted by molar-refractivity contribution is 0.897. The van der Waals surface area contributed by atoms with Crippen molar-refractivity contribution in [1.29, 1.82) is 0 Å². The van der Waals surface area contributed by atoms with E-state index in [2.05, 4.69) is 38.2 Å². The van der Waals surface area contributed by atoms with Crippen LogP contribution < -0.4 is 0 Å². The van der Waals surface area contributed by atoms with E-state index < -0.39 is 0 Å². The Morgan fingerprint density at radius 3 is 3.08 bits per heavy atom. The minimum Gasteiger partial charge on any atom is -0.0874 e. The van der Waals surface area contributed by atoms with Crippen LogP contribution in [0.4, 0.5) is 0 Å². The van der Waals surface area contributed by atoms with Crippen molar-refractivity contribution in [2.45, 2.75) is 26.7 Å². The van der Waals surface area contributed by atoms with Crippen molar-refractivity contribution < 1.29 is 0 Å². The molecule has 0 amide bonds. The Morgan fingerprint density at radius 2 is 2.42 bits per heavy atom. The molecule has 0 spiro atoms. The minimum absolute atomic E-state index is 0.876. The minimum atomic E-state index is 0.876. The molecule has 0 radical (unpaired) electrons. The van der Waals surface area contributed by atoms with E-state index in [1.54, 1.807) is 11.1 Å². The summed E-state index contributed by atoms with van der Waals surface area (Å²) in [7, 11) is 0. The largest absolute Gasteiger partial charge is 0.0874 e. The van der Waals surface area contributed by atoms with Crippen LogP contribution >= 0.6 is 0 Å². The molecule has 2 aliphatic carbocycles. The van der Waals surface area contributed by atoms with Crippen molar-refractivity contribution in [3.63, 3.8) is 0 Å². The first-order valence-corrected chi connectivity index (χ1v) is 4.90. The Morgan fingerprint density at radius 1 is 1.58 bits per heavy atom. The van der Waals surface area contributed by atoms with Gasteiger partial charge in [-0.15, -0.1) is 0 Å². The lowest BCUT2D eigenvalue weighted by Gasteiger charge is -2.10. The molecule has 2 atom stereocenters. The fraction of sp³-hybridized carbons (Fsp3) is 0.500. The second-order valence-corrected chi connectivity index (χ2v) is 3.70. The molecule has 1 fully saturated rings. The first-order valence-electron chi connectivity index (χ1n) is 4.90. The van der Waals surface area contributed by atoms with Gasteiger partial charge in [-0.3, -0.25) is 0 Å². The molecule has 0 heterocycles. The third-order valence-corrected chi connectivity index (χ3v) is 2.88. The summed E-state index contributed by atoms with van der Waals surface area (Å²) in [6.07, 6.45) is 11.7. The molecule has 0 bridgehead atoms. The predicted octanol–water partition coefficient (Wildman–Crippen LogP) is 3.48. The van der Waals surface area contributed by atoms with Crippen molar-refractivity contribution in [1.82, 2.24) is 0 Å². The zero-order valence-corrected chi connectivity index (χ0v) is 7.88. The normalized spacial score (nSPS) is 32.8. The maximum atomic E-state index is 2.39. The van der Waals surface area contributed by atoms with E-state index in [1.165, 1.54) is 12.8 Å². The number of hydrogen-bond donors (Lipinski definition) is 0. The Kier molecular flexibility index (Phi) is 1.92. The Bertz CT molecular complexity index is 266. The predicted molar refractivity (Wildman–Crippen MR) is 52.9 cm³/mol. The molecule has 2 rings (SSSR count). The third-order valence-electron chi connectivity index (χ3n) is 2.88. The molecule has 0 aromatic rings. The van der Waals surface area contributed by atoms with Gasteiger partial charge in [-0.05, 0) is 42.7 Å². The van der Waals surface area contributed by atoms with Gasteiger partial charge in [-0.2, -0.15) is 0 Å². The number of rotatable bonds is 2. The highest BCUT2D eigenvalue weighted by atomic mass is 14.4. The van der Waals surface area contributed by atoms with E-state index in [-0.39, 0.29) is 0 Å².